The second-order valence-electron chi connectivity index (χ2n) is 10.9. The van der Waals surface area contributed by atoms with E-state index in [4.69, 9.17) is 14.2 Å². The molecule has 0 bridgehead atoms. The number of hydrogen-bond donors (Lipinski definition) is 0. The van der Waals surface area contributed by atoms with E-state index in [0.717, 1.165) is 43.1 Å². The minimum Gasteiger partial charge on any atom is -0.493 e. The molecule has 0 N–H and O–H groups in total. The van der Waals surface area contributed by atoms with Crippen molar-refractivity contribution in [2.75, 3.05) is 37.7 Å². The average Bonchev–Trinajstić information content (AvgIpc) is 2.80. The fourth-order valence-electron chi connectivity index (χ4n) is 4.95. The molecule has 0 saturated carbocycles. The fraction of sp³-hybridized carbons (Fsp3) is 0.571. The quantitative estimate of drug-likeness (QED) is 0.474. The summed E-state index contributed by atoms with van der Waals surface area (Å²) in [6, 6.07) is 6.93. The van der Waals surface area contributed by atoms with E-state index in [1.54, 1.807) is 6.07 Å². The maximum Gasteiger partial charge on any atom is 0.415 e. The number of pyridine rings is 1. The van der Waals surface area contributed by atoms with Crippen LogP contribution >= 0.6 is 13.5 Å². The molecule has 2 aliphatic rings. The molecule has 1 aromatic carbocycles. The monoisotopic (exact) mass is 533 g/mol. The zero-order valence-electron chi connectivity index (χ0n) is 22.8. The number of rotatable bonds is 5. The van der Waals surface area contributed by atoms with Gasteiger partial charge in [0.1, 0.15) is 29.5 Å². The van der Waals surface area contributed by atoms with Crippen LogP contribution in [-0.2, 0) is 4.74 Å². The Morgan fingerprint density at radius 3 is 2.57 bits per heavy atom. The highest BCUT2D eigenvalue weighted by Crippen LogP contribution is 2.38. The molecular formula is C28H40FN3O4S. The number of aryl methyl sites for hydroxylation is 2. The first-order valence-corrected chi connectivity index (χ1v) is 12.8. The predicted molar refractivity (Wildman–Crippen MR) is 148 cm³/mol. The molecular weight excluding hydrogens is 493 g/mol. The first-order valence-electron chi connectivity index (χ1n) is 12.8. The van der Waals surface area contributed by atoms with Crippen molar-refractivity contribution in [1.29, 1.82) is 0 Å². The van der Waals surface area contributed by atoms with Crippen LogP contribution in [0.3, 0.4) is 0 Å². The number of benzene rings is 1. The van der Waals surface area contributed by atoms with E-state index in [-0.39, 0.29) is 25.4 Å². The van der Waals surface area contributed by atoms with Crippen LogP contribution in [0.25, 0.3) is 0 Å². The van der Waals surface area contributed by atoms with Crippen LogP contribution in [0.5, 0.6) is 11.5 Å². The van der Waals surface area contributed by atoms with Crippen LogP contribution < -0.4 is 14.4 Å². The number of carbonyl (C=O) groups is 1. The van der Waals surface area contributed by atoms with Gasteiger partial charge in [0.15, 0.2) is 0 Å². The lowest BCUT2D eigenvalue weighted by Crippen LogP contribution is -2.42. The molecule has 2 aliphatic heterocycles. The van der Waals surface area contributed by atoms with Gasteiger partial charge in [0.05, 0.1) is 18.8 Å². The van der Waals surface area contributed by atoms with Gasteiger partial charge in [-0.1, -0.05) is 0 Å². The first-order chi connectivity index (χ1) is 17.0. The SMILES string of the molecule is Cc1cc(OC[C@H]2CCCN(C(C)c3cc4c(cc3F)N(C(=O)OC(C)(C)C)CCO4)C2)cc(C)n1.S. The van der Waals surface area contributed by atoms with E-state index in [1.807, 2.05) is 53.7 Å². The molecule has 1 amide bonds. The zero-order chi connectivity index (χ0) is 26.0. The topological polar surface area (TPSA) is 64.1 Å². The van der Waals surface area contributed by atoms with Crippen LogP contribution in [0, 0.1) is 25.6 Å². The van der Waals surface area contributed by atoms with E-state index in [1.165, 1.54) is 11.0 Å². The Balaban J connectivity index is 0.00000380. The molecule has 1 unspecified atom stereocenters. The van der Waals surface area contributed by atoms with Crippen LogP contribution in [0.4, 0.5) is 14.9 Å². The number of halogens is 1. The van der Waals surface area contributed by atoms with E-state index in [0.29, 0.717) is 42.7 Å². The zero-order valence-corrected chi connectivity index (χ0v) is 23.8. The number of likely N-dealkylation sites (tertiary alicyclic amines) is 1. The third-order valence-electron chi connectivity index (χ3n) is 6.64. The lowest BCUT2D eigenvalue weighted by atomic mass is 9.95. The number of fused-ring (bicyclic) bond motifs is 1. The van der Waals surface area contributed by atoms with Gasteiger partial charge in [-0.3, -0.25) is 14.8 Å². The summed E-state index contributed by atoms with van der Waals surface area (Å²) in [4.78, 5) is 20.9. The van der Waals surface area contributed by atoms with E-state index >= 15 is 4.39 Å². The first kappa shape index (κ1) is 29.0. The standard InChI is InChI=1S/C28H38FN3O4.H2S/c1-18-12-22(13-19(2)30-18)35-17-21-8-7-9-31(16-21)20(3)23-14-26-25(15-24(23)29)32(10-11-34-26)27(33)36-28(4,5)6;/h12-15,20-21H,7-11,16-17H2,1-6H3;1H2/t20?,21-;/m0./s1. The summed E-state index contributed by atoms with van der Waals surface area (Å²) in [7, 11) is 0. The van der Waals surface area contributed by atoms with Gasteiger partial charge in [0.2, 0.25) is 0 Å². The van der Waals surface area contributed by atoms with Crippen molar-refractivity contribution in [2.45, 2.75) is 66.0 Å². The van der Waals surface area contributed by atoms with E-state index < -0.39 is 11.7 Å². The van der Waals surface area contributed by atoms with Gasteiger partial charge in [0.25, 0.3) is 0 Å². The summed E-state index contributed by atoms with van der Waals surface area (Å²) < 4.78 is 32.9. The second-order valence-corrected chi connectivity index (χ2v) is 10.9. The number of amides is 1. The number of anilines is 1. The molecule has 1 saturated heterocycles. The van der Waals surface area contributed by atoms with Crippen molar-refractivity contribution in [3.05, 3.63) is 47.0 Å². The molecule has 2 atom stereocenters. The Morgan fingerprint density at radius 1 is 1.19 bits per heavy atom. The van der Waals surface area contributed by atoms with Crippen molar-refractivity contribution in [1.82, 2.24) is 9.88 Å². The Labute approximate surface area is 226 Å². The molecule has 0 radical (unpaired) electrons. The van der Waals surface area contributed by atoms with Gasteiger partial charge < -0.3 is 14.2 Å². The molecule has 9 heteroatoms. The fourth-order valence-corrected chi connectivity index (χ4v) is 4.95. The molecule has 7 nitrogen and oxygen atoms in total. The molecule has 1 fully saturated rings. The number of piperidine rings is 1. The maximum atomic E-state index is 15.4. The van der Waals surface area contributed by atoms with Gasteiger partial charge in [-0.15, -0.1) is 0 Å². The van der Waals surface area contributed by atoms with Gasteiger partial charge in [0, 0.05) is 53.7 Å². The van der Waals surface area contributed by atoms with Crippen LogP contribution in [-0.4, -0.2) is 54.4 Å². The van der Waals surface area contributed by atoms with Gasteiger partial charge in [-0.05, 0) is 67.0 Å². The molecule has 3 heterocycles. The minimum atomic E-state index is -0.633. The Kier molecular flexibility index (Phi) is 9.34. The van der Waals surface area contributed by atoms with Crippen LogP contribution in [0.15, 0.2) is 24.3 Å². The van der Waals surface area contributed by atoms with Gasteiger partial charge in [-0.2, -0.15) is 13.5 Å². The summed E-state index contributed by atoms with van der Waals surface area (Å²) in [5, 5.41) is 0. The van der Waals surface area contributed by atoms with Crippen molar-refractivity contribution >= 4 is 25.3 Å². The third-order valence-corrected chi connectivity index (χ3v) is 6.64. The van der Waals surface area contributed by atoms with Crippen molar-refractivity contribution < 1.29 is 23.4 Å². The highest BCUT2D eigenvalue weighted by Gasteiger charge is 2.32. The molecule has 0 aliphatic carbocycles. The maximum absolute atomic E-state index is 15.4. The molecule has 0 spiro atoms. The van der Waals surface area contributed by atoms with Crippen molar-refractivity contribution in [2.24, 2.45) is 5.92 Å². The van der Waals surface area contributed by atoms with Crippen molar-refractivity contribution in [3.8, 4) is 11.5 Å². The summed E-state index contributed by atoms with van der Waals surface area (Å²) in [5.41, 5.74) is 2.24. The highest BCUT2D eigenvalue weighted by molar-refractivity contribution is 7.59. The highest BCUT2D eigenvalue weighted by atomic mass is 32.1. The van der Waals surface area contributed by atoms with E-state index in [2.05, 4.69) is 9.88 Å². The Bertz CT molecular complexity index is 1090. The summed E-state index contributed by atoms with van der Waals surface area (Å²) in [5.74, 6) is 1.37. The lowest BCUT2D eigenvalue weighted by Gasteiger charge is -2.37. The summed E-state index contributed by atoms with van der Waals surface area (Å²) >= 11 is 0. The Hall–Kier alpha value is -2.52. The van der Waals surface area contributed by atoms with Crippen LogP contribution in [0.2, 0.25) is 0 Å². The lowest BCUT2D eigenvalue weighted by molar-refractivity contribution is 0.0567. The number of aromatic nitrogens is 1. The van der Waals surface area contributed by atoms with Crippen molar-refractivity contribution in [3.63, 3.8) is 0 Å². The molecule has 2 aromatic rings. The summed E-state index contributed by atoms with van der Waals surface area (Å²) in [6.45, 7) is 14.4. The Morgan fingerprint density at radius 2 is 1.89 bits per heavy atom. The molecule has 4 rings (SSSR count). The molecule has 204 valence electrons. The smallest absolute Gasteiger partial charge is 0.415 e. The second kappa shape index (κ2) is 11.9. The largest absolute Gasteiger partial charge is 0.493 e. The number of nitrogens with zero attached hydrogens (tertiary/aromatic N) is 3. The van der Waals surface area contributed by atoms with E-state index in [9.17, 15) is 4.79 Å². The number of ether oxygens (including phenoxy) is 3. The normalized spacial score (nSPS) is 18.8. The summed E-state index contributed by atoms with van der Waals surface area (Å²) in [6.07, 6.45) is 1.61. The van der Waals surface area contributed by atoms with Gasteiger partial charge in [-0.25, -0.2) is 9.18 Å². The third kappa shape index (κ3) is 7.29. The number of carbonyl (C=O) groups excluding carboxylic acids is 1. The molecule has 37 heavy (non-hydrogen) atoms. The minimum absolute atomic E-state index is 0. The average molecular weight is 534 g/mol. The van der Waals surface area contributed by atoms with Crippen LogP contribution in [0.1, 0.15) is 63.5 Å². The van der Waals surface area contributed by atoms with Gasteiger partial charge >= 0.3 is 6.09 Å². The predicted octanol–water partition coefficient (Wildman–Crippen LogP) is 5.94. The molecule has 1 aromatic heterocycles. The number of hydrogen-bond acceptors (Lipinski definition) is 6.